The van der Waals surface area contributed by atoms with Crippen LogP contribution in [0.15, 0.2) is 16.8 Å². The second-order valence-corrected chi connectivity index (χ2v) is 4.69. The number of thiophene rings is 1. The number of hydrogen-bond donors (Lipinski definition) is 2. The Kier molecular flexibility index (Phi) is 5.39. The van der Waals surface area contributed by atoms with Gasteiger partial charge in [0, 0.05) is 12.5 Å². The van der Waals surface area contributed by atoms with Crippen LogP contribution in [0, 0.1) is 0 Å². The third kappa shape index (κ3) is 3.19. The summed E-state index contributed by atoms with van der Waals surface area (Å²) in [6.45, 7) is 1.65. The molecular weight excluding hydrogens is 260 g/mol. The van der Waals surface area contributed by atoms with Crippen LogP contribution in [0.25, 0.3) is 0 Å². The molecule has 0 radical (unpaired) electrons. The van der Waals surface area contributed by atoms with Gasteiger partial charge in [-0.3, -0.25) is 4.79 Å². The van der Waals surface area contributed by atoms with E-state index in [0.717, 1.165) is 31.6 Å². The molecule has 1 aliphatic rings. The van der Waals surface area contributed by atoms with Gasteiger partial charge in [-0.05, 0) is 37.4 Å². The molecule has 2 heterocycles. The summed E-state index contributed by atoms with van der Waals surface area (Å²) in [4.78, 5) is 12.2. The van der Waals surface area contributed by atoms with Gasteiger partial charge in [-0.25, -0.2) is 0 Å². The lowest BCUT2D eigenvalue weighted by Gasteiger charge is -2.34. The van der Waals surface area contributed by atoms with Crippen LogP contribution in [0.4, 0.5) is 5.69 Å². The summed E-state index contributed by atoms with van der Waals surface area (Å²) in [5, 5.41) is 9.99. The van der Waals surface area contributed by atoms with Crippen molar-refractivity contribution in [1.82, 2.24) is 5.32 Å². The summed E-state index contributed by atoms with van der Waals surface area (Å²) in [5.41, 5.74) is 0.192. The first-order chi connectivity index (χ1) is 7.77. The molecule has 1 aromatic rings. The van der Waals surface area contributed by atoms with Gasteiger partial charge < -0.3 is 15.4 Å². The molecule has 2 N–H and O–H groups in total. The number of carbonyl (C=O) groups excluding carboxylic acids is 1. The van der Waals surface area contributed by atoms with Crippen molar-refractivity contribution in [2.24, 2.45) is 0 Å². The first-order valence-corrected chi connectivity index (χ1v) is 6.31. The summed E-state index contributed by atoms with van der Waals surface area (Å²) in [6, 6.07) is 1.90. The molecule has 0 atom stereocenters. The van der Waals surface area contributed by atoms with E-state index in [2.05, 4.69) is 10.6 Å². The lowest BCUT2D eigenvalue weighted by Crippen LogP contribution is -2.51. The van der Waals surface area contributed by atoms with Gasteiger partial charge in [-0.1, -0.05) is 0 Å². The lowest BCUT2D eigenvalue weighted by atomic mass is 9.91. The first-order valence-electron chi connectivity index (χ1n) is 5.36. The second kappa shape index (κ2) is 6.35. The molecule has 0 spiro atoms. The van der Waals surface area contributed by atoms with E-state index < -0.39 is 5.60 Å². The maximum absolute atomic E-state index is 12.2. The average molecular weight is 277 g/mol. The van der Waals surface area contributed by atoms with E-state index in [-0.39, 0.29) is 18.3 Å². The van der Waals surface area contributed by atoms with Crippen molar-refractivity contribution >= 4 is 35.3 Å². The summed E-state index contributed by atoms with van der Waals surface area (Å²) >= 11 is 1.57. The monoisotopic (exact) mass is 276 g/mol. The summed E-state index contributed by atoms with van der Waals surface area (Å²) < 4.78 is 5.44. The summed E-state index contributed by atoms with van der Waals surface area (Å²) in [7, 11) is 1.61. The molecule has 0 saturated carbocycles. The van der Waals surface area contributed by atoms with Crippen molar-refractivity contribution in [3.8, 4) is 0 Å². The van der Waals surface area contributed by atoms with Crippen LogP contribution in [0.5, 0.6) is 0 Å². The number of hydrogen-bond acceptors (Lipinski definition) is 4. The maximum atomic E-state index is 12.2. The Morgan fingerprint density at radius 2 is 2.24 bits per heavy atom. The third-order valence-corrected chi connectivity index (χ3v) is 3.68. The number of methoxy groups -OCH3 is 1. The number of carbonyl (C=O) groups is 1. The van der Waals surface area contributed by atoms with E-state index in [4.69, 9.17) is 4.74 Å². The molecule has 2 rings (SSSR count). The Hall–Kier alpha value is -0.620. The number of halogens is 1. The highest BCUT2D eigenvalue weighted by atomic mass is 35.5. The van der Waals surface area contributed by atoms with Gasteiger partial charge in [0.25, 0.3) is 5.91 Å². The van der Waals surface area contributed by atoms with E-state index >= 15 is 0 Å². The highest BCUT2D eigenvalue weighted by molar-refractivity contribution is 7.08. The predicted molar refractivity (Wildman–Crippen MR) is 72.0 cm³/mol. The zero-order chi connectivity index (χ0) is 11.4. The zero-order valence-electron chi connectivity index (χ0n) is 9.69. The van der Waals surface area contributed by atoms with Gasteiger partial charge in [0.15, 0.2) is 0 Å². The molecule has 1 aliphatic heterocycles. The van der Waals surface area contributed by atoms with E-state index in [1.54, 1.807) is 18.4 Å². The van der Waals surface area contributed by atoms with Crippen LogP contribution >= 0.6 is 23.7 Å². The number of amides is 1. The Morgan fingerprint density at radius 3 is 2.76 bits per heavy atom. The summed E-state index contributed by atoms with van der Waals surface area (Å²) in [6.07, 6.45) is 1.44. The van der Waals surface area contributed by atoms with Gasteiger partial charge in [0.2, 0.25) is 0 Å². The smallest absolute Gasteiger partial charge is 0.256 e. The second-order valence-electron chi connectivity index (χ2n) is 3.91. The minimum absolute atomic E-state index is 0. The molecule has 4 nitrogen and oxygen atoms in total. The van der Waals surface area contributed by atoms with Gasteiger partial charge in [0.1, 0.15) is 5.60 Å². The van der Waals surface area contributed by atoms with E-state index in [1.807, 2.05) is 16.8 Å². The number of anilines is 1. The number of nitrogens with one attached hydrogen (secondary N) is 2. The van der Waals surface area contributed by atoms with Crippen molar-refractivity contribution in [3.05, 3.63) is 16.8 Å². The molecule has 17 heavy (non-hydrogen) atoms. The number of piperidine rings is 1. The molecule has 1 aromatic heterocycles. The van der Waals surface area contributed by atoms with Crippen molar-refractivity contribution in [1.29, 1.82) is 0 Å². The van der Waals surface area contributed by atoms with Crippen LogP contribution < -0.4 is 10.6 Å². The molecule has 1 amide bonds. The van der Waals surface area contributed by atoms with Gasteiger partial charge in [-0.2, -0.15) is 11.3 Å². The van der Waals surface area contributed by atoms with Gasteiger partial charge in [-0.15, -0.1) is 12.4 Å². The largest absolute Gasteiger partial charge is 0.368 e. The normalized spacial score (nSPS) is 18.2. The SMILES string of the molecule is COC1(C(=O)Nc2ccsc2)CCNCC1.Cl. The number of rotatable bonds is 3. The molecule has 0 aromatic carbocycles. The van der Waals surface area contributed by atoms with Crippen molar-refractivity contribution in [2.45, 2.75) is 18.4 Å². The molecular formula is C11H17ClN2O2S. The van der Waals surface area contributed by atoms with Crippen molar-refractivity contribution < 1.29 is 9.53 Å². The molecule has 1 fully saturated rings. The topological polar surface area (TPSA) is 50.4 Å². The van der Waals surface area contributed by atoms with E-state index in [0.29, 0.717) is 0 Å². The summed E-state index contributed by atoms with van der Waals surface area (Å²) in [5.74, 6) is -0.0325. The lowest BCUT2D eigenvalue weighted by molar-refractivity contribution is -0.140. The van der Waals surface area contributed by atoms with Gasteiger partial charge >= 0.3 is 0 Å². The molecule has 6 heteroatoms. The van der Waals surface area contributed by atoms with Crippen molar-refractivity contribution in [3.63, 3.8) is 0 Å². The predicted octanol–water partition coefficient (Wildman–Crippen LogP) is 1.88. The molecule has 96 valence electrons. The zero-order valence-corrected chi connectivity index (χ0v) is 11.3. The minimum Gasteiger partial charge on any atom is -0.368 e. The molecule has 0 unspecified atom stereocenters. The molecule has 1 saturated heterocycles. The first kappa shape index (κ1) is 14.4. The van der Waals surface area contributed by atoms with Gasteiger partial charge in [0.05, 0.1) is 5.69 Å². The minimum atomic E-state index is -0.660. The number of ether oxygens (including phenoxy) is 1. The third-order valence-electron chi connectivity index (χ3n) is 2.99. The standard InChI is InChI=1S/C11H16N2O2S.ClH/c1-15-11(3-5-12-6-4-11)10(14)13-9-2-7-16-8-9;/h2,7-8,12H,3-6H2,1H3,(H,13,14);1H. The van der Waals surface area contributed by atoms with Crippen LogP contribution in [-0.2, 0) is 9.53 Å². The Morgan fingerprint density at radius 1 is 1.53 bits per heavy atom. The fourth-order valence-electron chi connectivity index (χ4n) is 1.94. The Labute approximate surface area is 111 Å². The highest BCUT2D eigenvalue weighted by Gasteiger charge is 2.39. The van der Waals surface area contributed by atoms with Crippen molar-refractivity contribution in [2.75, 3.05) is 25.5 Å². The highest BCUT2D eigenvalue weighted by Crippen LogP contribution is 2.25. The quantitative estimate of drug-likeness (QED) is 0.886. The Balaban J connectivity index is 0.00000144. The Bertz CT molecular complexity index is 350. The fraction of sp³-hybridized carbons (Fsp3) is 0.545. The van der Waals surface area contributed by atoms with E-state index in [1.165, 1.54) is 0 Å². The van der Waals surface area contributed by atoms with Crippen LogP contribution in [0.2, 0.25) is 0 Å². The maximum Gasteiger partial charge on any atom is 0.256 e. The van der Waals surface area contributed by atoms with E-state index in [9.17, 15) is 4.79 Å². The average Bonchev–Trinajstić information content (AvgIpc) is 2.82. The van der Waals surface area contributed by atoms with Crippen LogP contribution in [-0.4, -0.2) is 31.7 Å². The fourth-order valence-corrected chi connectivity index (χ4v) is 2.52. The molecule has 0 aliphatic carbocycles. The van der Waals surface area contributed by atoms with Crippen LogP contribution in [0.1, 0.15) is 12.8 Å². The molecule has 0 bridgehead atoms. The van der Waals surface area contributed by atoms with Crippen LogP contribution in [0.3, 0.4) is 0 Å².